The number of hydrogen-bond acceptors (Lipinski definition) is 5. The molecule has 7 nitrogen and oxygen atoms in total. The molecular formula is C35H38N2O5. The molecule has 1 aromatic heterocycles. The highest BCUT2D eigenvalue weighted by Gasteiger charge is 2.31. The summed E-state index contributed by atoms with van der Waals surface area (Å²) in [6.45, 7) is 7.21. The van der Waals surface area contributed by atoms with E-state index in [1.54, 1.807) is 20.1 Å². The number of benzene rings is 3. The zero-order valence-electron chi connectivity index (χ0n) is 24.8. The van der Waals surface area contributed by atoms with E-state index in [1.807, 2.05) is 44.2 Å². The van der Waals surface area contributed by atoms with E-state index in [4.69, 9.17) is 9.47 Å². The van der Waals surface area contributed by atoms with Gasteiger partial charge in [-0.25, -0.2) is 4.79 Å². The first-order valence-corrected chi connectivity index (χ1v) is 14.7. The molecule has 7 heteroatoms. The summed E-state index contributed by atoms with van der Waals surface area (Å²) in [5.41, 5.74) is 7.63. The molecule has 1 aliphatic heterocycles. The number of nitrogens with one attached hydrogen (secondary N) is 1. The van der Waals surface area contributed by atoms with Crippen molar-refractivity contribution in [1.82, 2.24) is 9.88 Å². The van der Waals surface area contributed by atoms with Crippen LogP contribution in [-0.2, 0) is 28.9 Å². The Morgan fingerprint density at radius 2 is 1.69 bits per heavy atom. The molecule has 0 unspecified atom stereocenters. The highest BCUT2D eigenvalue weighted by Crippen LogP contribution is 2.40. The van der Waals surface area contributed by atoms with E-state index in [0.29, 0.717) is 23.1 Å². The summed E-state index contributed by atoms with van der Waals surface area (Å²) in [6.07, 6.45) is 4.15. The van der Waals surface area contributed by atoms with Gasteiger partial charge < -0.3 is 19.4 Å². The average Bonchev–Trinajstić information content (AvgIpc) is 3.31. The zero-order chi connectivity index (χ0) is 29.8. The second-order valence-corrected chi connectivity index (χ2v) is 11.0. The second kappa shape index (κ2) is 12.6. The summed E-state index contributed by atoms with van der Waals surface area (Å²) >= 11 is 0. The Balaban J connectivity index is 1.45. The number of ketones is 1. The van der Waals surface area contributed by atoms with Crippen LogP contribution in [0.2, 0.25) is 0 Å². The van der Waals surface area contributed by atoms with Crippen LogP contribution in [0.15, 0.2) is 54.6 Å². The number of rotatable bonds is 11. The summed E-state index contributed by atoms with van der Waals surface area (Å²) < 4.78 is 12.7. The van der Waals surface area contributed by atoms with Crippen molar-refractivity contribution in [3.8, 4) is 17.0 Å². The maximum atomic E-state index is 14.0. The van der Waals surface area contributed by atoms with Crippen molar-refractivity contribution in [3.63, 3.8) is 0 Å². The largest absolute Gasteiger partial charge is 0.497 e. The molecule has 0 saturated carbocycles. The van der Waals surface area contributed by atoms with E-state index in [0.717, 1.165) is 77.9 Å². The van der Waals surface area contributed by atoms with Crippen LogP contribution in [0.3, 0.4) is 0 Å². The third-order valence-corrected chi connectivity index (χ3v) is 7.84. The molecule has 5 rings (SSSR count). The average molecular weight is 567 g/mol. The predicted octanol–water partition coefficient (Wildman–Crippen LogP) is 6.38. The molecule has 3 aromatic carbocycles. The van der Waals surface area contributed by atoms with Gasteiger partial charge in [-0.1, -0.05) is 29.3 Å². The Bertz CT molecular complexity index is 1630. The first-order chi connectivity index (χ1) is 20.3. The fourth-order valence-corrected chi connectivity index (χ4v) is 6.04. The minimum absolute atomic E-state index is 0.258. The van der Waals surface area contributed by atoms with Crippen LogP contribution in [-0.4, -0.2) is 42.5 Å². The molecular weight excluding hydrogens is 528 g/mol. The Labute approximate surface area is 246 Å². The SMILES string of the molecule is CCOC(=O)c1cc2c3c(c1)c(C(=O)C(=O)NCCCCc1ccc(OC)cc1)c(-c1cc(C)cc(C)c1)n3CCC2. The number of ether oxygens (including phenoxy) is 2. The lowest BCUT2D eigenvalue weighted by molar-refractivity contribution is -0.117. The van der Waals surface area contributed by atoms with Gasteiger partial charge in [-0.2, -0.15) is 0 Å². The van der Waals surface area contributed by atoms with Crippen LogP contribution in [0.4, 0.5) is 0 Å². The van der Waals surface area contributed by atoms with Gasteiger partial charge in [0.15, 0.2) is 0 Å². The van der Waals surface area contributed by atoms with Gasteiger partial charge >= 0.3 is 5.97 Å². The molecule has 42 heavy (non-hydrogen) atoms. The number of carbonyl (C=O) groups excluding carboxylic acids is 3. The number of Topliss-reactive ketones (excluding diaryl/α,β-unsaturated/α-hetero) is 1. The molecule has 0 fully saturated rings. The molecule has 1 N–H and O–H groups in total. The first kappa shape index (κ1) is 29.1. The van der Waals surface area contributed by atoms with E-state index in [-0.39, 0.29) is 6.61 Å². The van der Waals surface area contributed by atoms with Gasteiger partial charge in [-0.05, 0) is 106 Å². The molecule has 0 atom stereocenters. The van der Waals surface area contributed by atoms with E-state index >= 15 is 0 Å². The van der Waals surface area contributed by atoms with Gasteiger partial charge in [0.25, 0.3) is 11.7 Å². The van der Waals surface area contributed by atoms with Gasteiger partial charge in [0.2, 0.25) is 0 Å². The number of aryl methyl sites for hydroxylation is 5. The molecule has 218 valence electrons. The summed E-state index contributed by atoms with van der Waals surface area (Å²) in [7, 11) is 1.65. The molecule has 0 saturated heterocycles. The van der Waals surface area contributed by atoms with E-state index < -0.39 is 17.7 Å². The quantitative estimate of drug-likeness (QED) is 0.0986. The van der Waals surface area contributed by atoms with Crippen LogP contribution >= 0.6 is 0 Å². The van der Waals surface area contributed by atoms with Crippen molar-refractivity contribution >= 4 is 28.6 Å². The Morgan fingerprint density at radius 3 is 2.38 bits per heavy atom. The number of hydrogen-bond donors (Lipinski definition) is 1. The number of aromatic nitrogens is 1. The third kappa shape index (κ3) is 5.96. The second-order valence-electron chi connectivity index (χ2n) is 11.0. The number of unbranched alkanes of at least 4 members (excludes halogenated alkanes) is 1. The number of carbonyl (C=O) groups is 3. The van der Waals surface area contributed by atoms with Gasteiger partial charge in [0.1, 0.15) is 5.75 Å². The number of methoxy groups -OCH3 is 1. The molecule has 1 amide bonds. The van der Waals surface area contributed by atoms with Crippen molar-refractivity contribution < 1.29 is 23.9 Å². The molecule has 1 aliphatic rings. The van der Waals surface area contributed by atoms with Crippen molar-refractivity contribution in [2.75, 3.05) is 20.3 Å². The van der Waals surface area contributed by atoms with Crippen LogP contribution in [0.1, 0.15) is 69.2 Å². The van der Waals surface area contributed by atoms with Crippen LogP contribution in [0, 0.1) is 13.8 Å². The van der Waals surface area contributed by atoms with Crippen molar-refractivity contribution in [2.45, 2.75) is 59.4 Å². The number of nitrogens with zero attached hydrogens (tertiary/aromatic N) is 1. The smallest absolute Gasteiger partial charge is 0.338 e. The molecule has 4 aromatic rings. The fourth-order valence-electron chi connectivity index (χ4n) is 6.04. The van der Waals surface area contributed by atoms with Crippen molar-refractivity contribution in [1.29, 1.82) is 0 Å². The highest BCUT2D eigenvalue weighted by atomic mass is 16.5. The Hall–Kier alpha value is -4.39. The monoisotopic (exact) mass is 566 g/mol. The van der Waals surface area contributed by atoms with Crippen LogP contribution < -0.4 is 10.1 Å². The third-order valence-electron chi connectivity index (χ3n) is 7.84. The van der Waals surface area contributed by atoms with E-state index in [2.05, 4.69) is 28.1 Å². The fraction of sp³-hybridized carbons (Fsp3) is 0.343. The lowest BCUT2D eigenvalue weighted by atomic mass is 9.96. The number of esters is 1. The normalized spacial score (nSPS) is 12.3. The maximum absolute atomic E-state index is 14.0. The molecule has 2 heterocycles. The predicted molar refractivity (Wildman–Crippen MR) is 164 cm³/mol. The topological polar surface area (TPSA) is 86.6 Å². The van der Waals surface area contributed by atoms with Crippen molar-refractivity contribution in [3.05, 3.63) is 88.0 Å². The molecule has 0 aliphatic carbocycles. The zero-order valence-corrected chi connectivity index (χ0v) is 24.8. The standard InChI is InChI=1S/C35H38N2O5/c1-5-42-35(40)27-20-25-10-8-16-37-31(25)29(21-27)30(32(37)26-18-22(2)17-23(3)19-26)33(38)34(39)36-15-7-6-9-24-11-13-28(41-4)14-12-24/h11-14,17-21H,5-10,15-16H2,1-4H3,(H,36,39). The Kier molecular flexibility index (Phi) is 8.76. The summed E-state index contributed by atoms with van der Waals surface area (Å²) in [4.78, 5) is 40.1. The molecule has 0 spiro atoms. The lowest BCUT2D eigenvalue weighted by Crippen LogP contribution is -2.32. The van der Waals surface area contributed by atoms with Crippen molar-refractivity contribution in [2.24, 2.45) is 0 Å². The van der Waals surface area contributed by atoms with Crippen LogP contribution in [0.5, 0.6) is 5.75 Å². The van der Waals surface area contributed by atoms with E-state index in [9.17, 15) is 14.4 Å². The van der Waals surface area contributed by atoms with Gasteiger partial charge in [0.05, 0.1) is 36.1 Å². The lowest BCUT2D eigenvalue weighted by Gasteiger charge is -2.19. The number of amides is 1. The first-order valence-electron chi connectivity index (χ1n) is 14.7. The molecule has 0 bridgehead atoms. The van der Waals surface area contributed by atoms with Gasteiger partial charge in [0, 0.05) is 18.5 Å². The minimum Gasteiger partial charge on any atom is -0.497 e. The maximum Gasteiger partial charge on any atom is 0.338 e. The minimum atomic E-state index is -0.633. The van der Waals surface area contributed by atoms with E-state index in [1.165, 1.54) is 5.56 Å². The summed E-state index contributed by atoms with van der Waals surface area (Å²) in [6, 6.07) is 17.8. The highest BCUT2D eigenvalue weighted by molar-refractivity contribution is 6.46. The summed E-state index contributed by atoms with van der Waals surface area (Å²) in [5.74, 6) is -0.826. The van der Waals surface area contributed by atoms with Crippen LogP contribution in [0.25, 0.3) is 22.2 Å². The Morgan fingerprint density at radius 1 is 0.952 bits per heavy atom. The van der Waals surface area contributed by atoms with Gasteiger partial charge in [-0.3, -0.25) is 9.59 Å². The summed E-state index contributed by atoms with van der Waals surface area (Å²) in [5, 5.41) is 3.49. The molecule has 0 radical (unpaired) electrons. The van der Waals surface area contributed by atoms with Gasteiger partial charge in [-0.15, -0.1) is 0 Å².